The van der Waals surface area contributed by atoms with Gasteiger partial charge in [0.15, 0.2) is 0 Å². The van der Waals surface area contributed by atoms with Gasteiger partial charge >= 0.3 is 0 Å². The van der Waals surface area contributed by atoms with Crippen LogP contribution in [0.5, 0.6) is 0 Å². The maximum absolute atomic E-state index is 12.2. The smallest absolute Gasteiger partial charge is 0.230 e. The van der Waals surface area contributed by atoms with E-state index >= 15 is 0 Å². The highest BCUT2D eigenvalue weighted by molar-refractivity contribution is 7.99. The molecule has 4 atom stereocenters. The molecule has 0 aromatic carbocycles. The molecule has 0 radical (unpaired) electrons. The molecule has 0 spiro atoms. The number of carbonyl (C=O) groups excluding carboxylic acids is 1. The van der Waals surface area contributed by atoms with E-state index in [9.17, 15) is 4.79 Å². The molecular weight excluding hydrogens is 360 g/mol. The van der Waals surface area contributed by atoms with Crippen molar-refractivity contribution in [2.24, 2.45) is 17.8 Å². The minimum atomic E-state index is 0.154. The Kier molecular flexibility index (Phi) is 6.40. The van der Waals surface area contributed by atoms with Crippen molar-refractivity contribution in [2.45, 2.75) is 44.2 Å². The summed E-state index contributed by atoms with van der Waals surface area (Å²) in [6.07, 6.45) is 11.9. The number of H-pyrrole nitrogens is 1. The molecule has 2 heterocycles. The van der Waals surface area contributed by atoms with Crippen LogP contribution in [0.4, 0.5) is 0 Å². The van der Waals surface area contributed by atoms with Crippen LogP contribution in [0.2, 0.25) is 0 Å². The lowest BCUT2D eigenvalue weighted by molar-refractivity contribution is -0.121. The van der Waals surface area contributed by atoms with E-state index in [0.29, 0.717) is 17.6 Å². The Labute approximate surface area is 166 Å². The SMILES string of the molecule is CSCC(=O)N[C@H]1C[C@H]2CN(CCc3cn[nH]c3)C[C@H]2C[C@@H]1OCC1CC1. The number of aromatic amines is 1. The average Bonchev–Trinajstić information content (AvgIpc) is 3.16. The van der Waals surface area contributed by atoms with E-state index < -0.39 is 0 Å². The van der Waals surface area contributed by atoms with Gasteiger partial charge in [-0.15, -0.1) is 0 Å². The number of amides is 1. The first-order valence-corrected chi connectivity index (χ1v) is 11.7. The van der Waals surface area contributed by atoms with Crippen molar-refractivity contribution < 1.29 is 9.53 Å². The molecule has 3 fully saturated rings. The Bertz CT molecular complexity index is 607. The van der Waals surface area contributed by atoms with Gasteiger partial charge in [-0.3, -0.25) is 9.89 Å². The summed E-state index contributed by atoms with van der Waals surface area (Å²) < 4.78 is 6.31. The van der Waals surface area contributed by atoms with Crippen LogP contribution in [0, 0.1) is 17.8 Å². The number of nitrogens with zero attached hydrogens (tertiary/aromatic N) is 2. The largest absolute Gasteiger partial charge is 0.376 e. The van der Waals surface area contributed by atoms with Crippen molar-refractivity contribution in [3.63, 3.8) is 0 Å². The zero-order chi connectivity index (χ0) is 18.6. The Balaban J connectivity index is 1.32. The lowest BCUT2D eigenvalue weighted by Gasteiger charge is -2.38. The van der Waals surface area contributed by atoms with Crippen molar-refractivity contribution in [3.05, 3.63) is 18.0 Å². The van der Waals surface area contributed by atoms with Crippen molar-refractivity contribution in [1.82, 2.24) is 20.4 Å². The first-order valence-electron chi connectivity index (χ1n) is 10.3. The van der Waals surface area contributed by atoms with Gasteiger partial charge in [-0.1, -0.05) is 0 Å². The summed E-state index contributed by atoms with van der Waals surface area (Å²) in [5.41, 5.74) is 1.28. The van der Waals surface area contributed by atoms with Crippen LogP contribution in [-0.4, -0.2) is 71.4 Å². The Morgan fingerprint density at radius 2 is 2.19 bits per heavy atom. The van der Waals surface area contributed by atoms with Crippen LogP contribution in [0.25, 0.3) is 0 Å². The van der Waals surface area contributed by atoms with E-state index in [4.69, 9.17) is 4.74 Å². The van der Waals surface area contributed by atoms with Crippen LogP contribution in [-0.2, 0) is 16.0 Å². The van der Waals surface area contributed by atoms with Crippen LogP contribution in [0.15, 0.2) is 12.4 Å². The van der Waals surface area contributed by atoms with E-state index in [1.54, 1.807) is 11.8 Å². The predicted octanol–water partition coefficient (Wildman–Crippen LogP) is 1.94. The van der Waals surface area contributed by atoms with Gasteiger partial charge in [-0.05, 0) is 61.7 Å². The lowest BCUT2D eigenvalue weighted by Crippen LogP contribution is -2.51. The summed E-state index contributed by atoms with van der Waals surface area (Å²) >= 11 is 1.58. The first kappa shape index (κ1) is 19.3. The van der Waals surface area contributed by atoms with Gasteiger partial charge in [0.1, 0.15) is 0 Å². The fourth-order valence-corrected chi connectivity index (χ4v) is 5.00. The van der Waals surface area contributed by atoms with Crippen molar-refractivity contribution >= 4 is 17.7 Å². The number of hydrogen-bond donors (Lipinski definition) is 2. The number of aromatic nitrogens is 2. The molecule has 1 saturated heterocycles. The third-order valence-electron chi connectivity index (χ3n) is 6.33. The third-order valence-corrected chi connectivity index (χ3v) is 6.88. The van der Waals surface area contributed by atoms with Gasteiger partial charge in [0.25, 0.3) is 0 Å². The molecule has 150 valence electrons. The molecule has 3 aliphatic rings. The molecule has 1 aliphatic heterocycles. The maximum Gasteiger partial charge on any atom is 0.230 e. The summed E-state index contributed by atoms with van der Waals surface area (Å²) in [5, 5.41) is 10.2. The van der Waals surface area contributed by atoms with E-state index in [1.165, 1.54) is 18.4 Å². The van der Waals surface area contributed by atoms with Crippen molar-refractivity contribution in [1.29, 1.82) is 0 Å². The minimum Gasteiger partial charge on any atom is -0.376 e. The predicted molar refractivity (Wildman–Crippen MR) is 108 cm³/mol. The second-order valence-electron chi connectivity index (χ2n) is 8.53. The number of nitrogens with one attached hydrogen (secondary N) is 2. The zero-order valence-corrected chi connectivity index (χ0v) is 17.0. The maximum atomic E-state index is 12.2. The highest BCUT2D eigenvalue weighted by atomic mass is 32.2. The van der Waals surface area contributed by atoms with Crippen LogP contribution < -0.4 is 5.32 Å². The number of carbonyl (C=O) groups is 1. The molecule has 1 aromatic rings. The summed E-state index contributed by atoms with van der Waals surface area (Å²) in [4.78, 5) is 14.8. The molecule has 4 rings (SSSR count). The average molecular weight is 393 g/mol. The standard InChI is InChI=1S/C20H32N4O2S/c1-27-13-20(25)23-18-6-16-10-24(5-4-15-8-21-22-9-15)11-17(16)7-19(18)26-12-14-2-3-14/h8-9,14,16-19H,2-7,10-13H2,1H3,(H,21,22)(H,23,25)/t16-,17+,18-,19-/m0/s1. The van der Waals surface area contributed by atoms with Crippen molar-refractivity contribution in [2.75, 3.05) is 38.2 Å². The van der Waals surface area contributed by atoms with Gasteiger partial charge in [0.05, 0.1) is 24.1 Å². The Morgan fingerprint density at radius 3 is 2.89 bits per heavy atom. The number of likely N-dealkylation sites (tertiary alicyclic amines) is 1. The Morgan fingerprint density at radius 1 is 1.37 bits per heavy atom. The highest BCUT2D eigenvalue weighted by Gasteiger charge is 2.43. The second-order valence-corrected chi connectivity index (χ2v) is 9.40. The molecular formula is C20H32N4O2S. The summed E-state index contributed by atoms with van der Waals surface area (Å²) in [6.45, 7) is 4.27. The number of ether oxygens (including phenoxy) is 1. The van der Waals surface area contributed by atoms with Gasteiger partial charge in [0.2, 0.25) is 5.91 Å². The summed E-state index contributed by atoms with van der Waals surface area (Å²) in [7, 11) is 0. The summed E-state index contributed by atoms with van der Waals surface area (Å²) in [6, 6.07) is 0.179. The molecule has 0 unspecified atom stereocenters. The second kappa shape index (κ2) is 8.97. The first-order chi connectivity index (χ1) is 13.2. The van der Waals surface area contributed by atoms with Gasteiger partial charge in [0, 0.05) is 32.4 Å². The Hall–Kier alpha value is -1.05. The number of rotatable bonds is 9. The van der Waals surface area contributed by atoms with Crippen molar-refractivity contribution in [3.8, 4) is 0 Å². The van der Waals surface area contributed by atoms with E-state index in [1.807, 2.05) is 18.6 Å². The van der Waals surface area contributed by atoms with Crippen LogP contribution in [0.3, 0.4) is 0 Å². The molecule has 27 heavy (non-hydrogen) atoms. The number of fused-ring (bicyclic) bond motifs is 1. The number of hydrogen-bond acceptors (Lipinski definition) is 5. The zero-order valence-electron chi connectivity index (χ0n) is 16.2. The van der Waals surface area contributed by atoms with E-state index in [2.05, 4.69) is 20.4 Å². The fourth-order valence-electron chi connectivity index (χ4n) is 4.65. The van der Waals surface area contributed by atoms with Gasteiger partial charge in [-0.25, -0.2) is 0 Å². The monoisotopic (exact) mass is 392 g/mol. The molecule has 1 aromatic heterocycles. The normalized spacial score (nSPS) is 31.0. The van der Waals surface area contributed by atoms with Gasteiger partial charge < -0.3 is 15.0 Å². The van der Waals surface area contributed by atoms with Crippen LogP contribution in [0.1, 0.15) is 31.2 Å². The lowest BCUT2D eigenvalue weighted by atomic mass is 9.77. The molecule has 2 N–H and O–H groups in total. The topological polar surface area (TPSA) is 70.2 Å². The minimum absolute atomic E-state index is 0.154. The fraction of sp³-hybridized carbons (Fsp3) is 0.800. The molecule has 0 bridgehead atoms. The quantitative estimate of drug-likeness (QED) is 0.672. The molecule has 1 amide bonds. The third kappa shape index (κ3) is 5.27. The molecule has 2 aliphatic carbocycles. The van der Waals surface area contributed by atoms with E-state index in [-0.39, 0.29) is 18.1 Å². The molecule has 7 heteroatoms. The summed E-state index contributed by atoms with van der Waals surface area (Å²) in [5.74, 6) is 2.83. The molecule has 2 saturated carbocycles. The van der Waals surface area contributed by atoms with E-state index in [0.717, 1.165) is 51.4 Å². The van der Waals surface area contributed by atoms with Crippen LogP contribution >= 0.6 is 11.8 Å². The van der Waals surface area contributed by atoms with Gasteiger partial charge in [-0.2, -0.15) is 16.9 Å². The molecule has 6 nitrogen and oxygen atoms in total. The highest BCUT2D eigenvalue weighted by Crippen LogP contribution is 2.39. The number of thioether (sulfide) groups is 1.